The number of hydrogen-bond acceptors (Lipinski definition) is 3. The van der Waals surface area contributed by atoms with Crippen molar-refractivity contribution in [2.24, 2.45) is 0 Å². The molecule has 1 amide bonds. The van der Waals surface area contributed by atoms with Crippen LogP contribution in [0.5, 0.6) is 0 Å². The summed E-state index contributed by atoms with van der Waals surface area (Å²) in [5.41, 5.74) is 4.87. The molecular weight excluding hydrogens is 578 g/mol. The zero-order chi connectivity index (χ0) is 29.6. The van der Waals surface area contributed by atoms with Crippen molar-refractivity contribution in [2.45, 2.75) is 38.6 Å². The Balaban J connectivity index is 1.54. The number of hydrogen-bond donors (Lipinski definition) is 3. The van der Waals surface area contributed by atoms with Gasteiger partial charge in [-0.2, -0.15) is 5.10 Å². The van der Waals surface area contributed by atoms with Crippen LogP contribution in [-0.2, 0) is 11.3 Å². The maximum atomic E-state index is 13.8. The van der Waals surface area contributed by atoms with E-state index >= 15 is 0 Å². The van der Waals surface area contributed by atoms with Gasteiger partial charge in [-0.05, 0) is 60.4 Å². The molecular formula is C32H29Cl2FN4O3. The summed E-state index contributed by atoms with van der Waals surface area (Å²) in [6.45, 7) is 0.849. The number of unbranched alkanes of at least 4 members (excludes halogenated alkanes) is 3. The minimum Gasteiger partial charge on any atom is -0.481 e. The molecule has 0 saturated carbocycles. The number of carbonyl (C=O) groups is 2. The second-order valence-corrected chi connectivity index (χ2v) is 10.9. The van der Waals surface area contributed by atoms with Crippen LogP contribution in [0, 0.1) is 5.82 Å². The fourth-order valence-electron chi connectivity index (χ4n) is 5.00. The van der Waals surface area contributed by atoms with E-state index in [1.807, 2.05) is 35.0 Å². The number of halogens is 3. The van der Waals surface area contributed by atoms with Crippen molar-refractivity contribution in [3.05, 3.63) is 100 Å². The molecule has 0 atom stereocenters. The van der Waals surface area contributed by atoms with Gasteiger partial charge < -0.3 is 15.4 Å². The topological polar surface area (TPSA) is 100 Å². The Morgan fingerprint density at radius 2 is 1.64 bits per heavy atom. The SMILES string of the molecule is O=C(O)CCCCCCNC(=O)c1[nH]c2cc(Cl)ccc2c1-c1c(-c2ccc(F)cc2)cnn1Cc1ccc(Cl)cc1. The zero-order valence-corrected chi connectivity index (χ0v) is 24.2. The Bertz CT molecular complexity index is 1710. The molecule has 0 saturated heterocycles. The number of aromatic nitrogens is 3. The van der Waals surface area contributed by atoms with Crippen LogP contribution in [0.3, 0.4) is 0 Å². The van der Waals surface area contributed by atoms with Crippen molar-refractivity contribution in [3.8, 4) is 22.4 Å². The molecule has 0 aliphatic carbocycles. The summed E-state index contributed by atoms with van der Waals surface area (Å²) in [4.78, 5) is 27.6. The molecule has 0 bridgehead atoms. The molecule has 3 aromatic carbocycles. The van der Waals surface area contributed by atoms with Gasteiger partial charge in [-0.3, -0.25) is 14.3 Å². The van der Waals surface area contributed by atoms with E-state index in [2.05, 4.69) is 10.3 Å². The third-order valence-corrected chi connectivity index (χ3v) is 7.55. The van der Waals surface area contributed by atoms with E-state index in [1.165, 1.54) is 12.1 Å². The second kappa shape index (κ2) is 13.2. The zero-order valence-electron chi connectivity index (χ0n) is 22.7. The lowest BCUT2D eigenvalue weighted by Gasteiger charge is -2.13. The molecule has 2 aromatic heterocycles. The van der Waals surface area contributed by atoms with Gasteiger partial charge in [0.15, 0.2) is 0 Å². The van der Waals surface area contributed by atoms with Crippen molar-refractivity contribution in [3.63, 3.8) is 0 Å². The Kier molecular flexibility index (Phi) is 9.25. The number of H-pyrrole nitrogens is 1. The van der Waals surface area contributed by atoms with Crippen molar-refractivity contribution >= 4 is 46.0 Å². The molecule has 0 aliphatic heterocycles. The minimum atomic E-state index is -0.801. The molecule has 5 aromatic rings. The highest BCUT2D eigenvalue weighted by molar-refractivity contribution is 6.31. The summed E-state index contributed by atoms with van der Waals surface area (Å²) in [7, 11) is 0. The molecule has 0 radical (unpaired) electrons. The van der Waals surface area contributed by atoms with E-state index in [0.29, 0.717) is 52.0 Å². The monoisotopic (exact) mass is 606 g/mol. The number of aromatic amines is 1. The van der Waals surface area contributed by atoms with Gasteiger partial charge in [-0.15, -0.1) is 0 Å². The molecule has 0 unspecified atom stereocenters. The van der Waals surface area contributed by atoms with Crippen LogP contribution in [0.15, 0.2) is 72.9 Å². The van der Waals surface area contributed by atoms with Gasteiger partial charge in [-0.1, -0.05) is 66.4 Å². The van der Waals surface area contributed by atoms with Gasteiger partial charge in [0.25, 0.3) is 5.91 Å². The summed E-state index contributed by atoms with van der Waals surface area (Å²) in [6, 6.07) is 19.1. The molecule has 5 rings (SSSR count). The number of nitrogens with one attached hydrogen (secondary N) is 2. The standard InChI is InChI=1S/C32H29Cl2FN4O3/c33-22-10-6-20(7-11-22)19-39-31(26(18-37-39)21-8-13-24(35)14-9-21)29-25-15-12-23(34)17-27(25)38-30(29)32(42)36-16-4-2-1-3-5-28(40)41/h6-15,17-18,38H,1-5,16,19H2,(H,36,42)(H,40,41). The number of rotatable bonds is 12. The largest absolute Gasteiger partial charge is 0.481 e. The van der Waals surface area contributed by atoms with Crippen LogP contribution < -0.4 is 5.32 Å². The van der Waals surface area contributed by atoms with E-state index in [4.69, 9.17) is 33.4 Å². The number of carboxylic acids is 1. The molecule has 10 heteroatoms. The Labute approximate surface area is 252 Å². The summed E-state index contributed by atoms with van der Waals surface area (Å²) < 4.78 is 15.7. The number of benzene rings is 3. The van der Waals surface area contributed by atoms with E-state index in [-0.39, 0.29) is 18.1 Å². The number of carbonyl (C=O) groups excluding carboxylic acids is 1. The quantitative estimate of drug-likeness (QED) is 0.125. The smallest absolute Gasteiger partial charge is 0.303 e. The van der Waals surface area contributed by atoms with Crippen LogP contribution >= 0.6 is 23.2 Å². The van der Waals surface area contributed by atoms with Gasteiger partial charge >= 0.3 is 5.97 Å². The Morgan fingerprint density at radius 3 is 2.38 bits per heavy atom. The highest BCUT2D eigenvalue weighted by atomic mass is 35.5. The second-order valence-electron chi connectivity index (χ2n) is 10.1. The molecule has 216 valence electrons. The number of nitrogens with zero attached hydrogens (tertiary/aromatic N) is 2. The fraction of sp³-hybridized carbons (Fsp3) is 0.219. The Morgan fingerprint density at radius 1 is 0.929 bits per heavy atom. The first-order valence-corrected chi connectivity index (χ1v) is 14.4. The molecule has 0 spiro atoms. The summed E-state index contributed by atoms with van der Waals surface area (Å²) in [5, 5.41) is 18.5. The summed E-state index contributed by atoms with van der Waals surface area (Å²) in [6.07, 6.45) is 4.80. The maximum absolute atomic E-state index is 13.8. The molecule has 3 N–H and O–H groups in total. The highest BCUT2D eigenvalue weighted by Gasteiger charge is 2.26. The normalized spacial score (nSPS) is 11.2. The van der Waals surface area contributed by atoms with Crippen molar-refractivity contribution in [1.29, 1.82) is 0 Å². The Hall–Kier alpha value is -4.14. The van der Waals surface area contributed by atoms with E-state index in [1.54, 1.807) is 30.5 Å². The van der Waals surface area contributed by atoms with Crippen molar-refractivity contribution in [2.75, 3.05) is 6.54 Å². The lowest BCUT2D eigenvalue weighted by molar-refractivity contribution is -0.137. The van der Waals surface area contributed by atoms with Gasteiger partial charge in [0.2, 0.25) is 0 Å². The van der Waals surface area contributed by atoms with Crippen LogP contribution in [0.25, 0.3) is 33.3 Å². The lowest BCUT2D eigenvalue weighted by atomic mass is 9.98. The van der Waals surface area contributed by atoms with Gasteiger partial charge in [0, 0.05) is 45.0 Å². The number of amides is 1. The summed E-state index contributed by atoms with van der Waals surface area (Å²) >= 11 is 12.4. The van der Waals surface area contributed by atoms with Crippen LogP contribution in [0.4, 0.5) is 4.39 Å². The average molecular weight is 608 g/mol. The van der Waals surface area contributed by atoms with Gasteiger partial charge in [-0.25, -0.2) is 4.39 Å². The van der Waals surface area contributed by atoms with Crippen molar-refractivity contribution in [1.82, 2.24) is 20.1 Å². The first kappa shape index (κ1) is 29.4. The lowest BCUT2D eigenvalue weighted by Crippen LogP contribution is -2.25. The average Bonchev–Trinajstić information content (AvgIpc) is 3.54. The van der Waals surface area contributed by atoms with Gasteiger partial charge in [0.05, 0.1) is 18.4 Å². The van der Waals surface area contributed by atoms with E-state index in [0.717, 1.165) is 41.3 Å². The molecule has 0 aliphatic rings. The first-order chi connectivity index (χ1) is 20.3. The van der Waals surface area contributed by atoms with E-state index in [9.17, 15) is 14.0 Å². The van der Waals surface area contributed by atoms with E-state index < -0.39 is 5.97 Å². The number of aliphatic carboxylic acids is 1. The minimum absolute atomic E-state index is 0.146. The summed E-state index contributed by atoms with van der Waals surface area (Å²) in [5.74, 6) is -1.43. The molecule has 0 fully saturated rings. The maximum Gasteiger partial charge on any atom is 0.303 e. The van der Waals surface area contributed by atoms with Crippen LogP contribution in [0.1, 0.15) is 48.2 Å². The fourth-order valence-corrected chi connectivity index (χ4v) is 5.30. The third kappa shape index (κ3) is 6.83. The highest BCUT2D eigenvalue weighted by Crippen LogP contribution is 2.40. The predicted octanol–water partition coefficient (Wildman–Crippen LogP) is 7.96. The van der Waals surface area contributed by atoms with Gasteiger partial charge in [0.1, 0.15) is 11.5 Å². The first-order valence-electron chi connectivity index (χ1n) is 13.7. The van der Waals surface area contributed by atoms with Crippen LogP contribution in [0.2, 0.25) is 10.0 Å². The third-order valence-electron chi connectivity index (χ3n) is 7.07. The predicted molar refractivity (Wildman–Crippen MR) is 164 cm³/mol. The number of carboxylic acid groups (broad SMARTS) is 1. The number of fused-ring (bicyclic) bond motifs is 1. The molecule has 7 nitrogen and oxygen atoms in total. The molecule has 42 heavy (non-hydrogen) atoms. The molecule has 2 heterocycles. The van der Waals surface area contributed by atoms with Crippen molar-refractivity contribution < 1.29 is 19.1 Å². The van der Waals surface area contributed by atoms with Crippen LogP contribution in [-0.4, -0.2) is 38.3 Å².